The fourth-order valence-corrected chi connectivity index (χ4v) is 1.09. The van der Waals surface area contributed by atoms with Crippen LogP contribution in [0, 0.1) is 11.3 Å². The van der Waals surface area contributed by atoms with Crippen molar-refractivity contribution >= 4 is 0 Å². The van der Waals surface area contributed by atoms with Gasteiger partial charge in [-0.1, -0.05) is 6.92 Å². The standard InChI is InChI=1S/C11H22N2O/c1-6-9(7-8-12)13-10(2,3)11(4,5)14/h9,13-14H,6-7H2,1-5H3. The van der Waals surface area contributed by atoms with E-state index in [4.69, 9.17) is 5.26 Å². The molecule has 82 valence electrons. The summed E-state index contributed by atoms with van der Waals surface area (Å²) in [6.07, 6.45) is 1.38. The Kier molecular flexibility index (Phi) is 4.57. The first kappa shape index (κ1) is 13.4. The van der Waals surface area contributed by atoms with Gasteiger partial charge in [0.15, 0.2) is 0 Å². The minimum atomic E-state index is -0.796. The molecule has 3 heteroatoms. The predicted molar refractivity (Wildman–Crippen MR) is 57.8 cm³/mol. The van der Waals surface area contributed by atoms with Gasteiger partial charge in [0.05, 0.1) is 18.1 Å². The summed E-state index contributed by atoms with van der Waals surface area (Å²) >= 11 is 0. The third kappa shape index (κ3) is 3.65. The SMILES string of the molecule is CCC(CC#N)NC(C)(C)C(C)(C)O. The molecule has 0 heterocycles. The highest BCUT2D eigenvalue weighted by Gasteiger charge is 2.35. The van der Waals surface area contributed by atoms with Crippen LogP contribution in [0.3, 0.4) is 0 Å². The molecule has 2 N–H and O–H groups in total. The highest BCUT2D eigenvalue weighted by Crippen LogP contribution is 2.22. The topological polar surface area (TPSA) is 56.0 Å². The smallest absolute Gasteiger partial charge is 0.0767 e. The molecule has 0 fully saturated rings. The molecule has 0 spiro atoms. The Hall–Kier alpha value is -0.590. The third-order valence-electron chi connectivity index (χ3n) is 2.92. The van der Waals surface area contributed by atoms with E-state index in [1.165, 1.54) is 0 Å². The van der Waals surface area contributed by atoms with Gasteiger partial charge in [0.25, 0.3) is 0 Å². The zero-order valence-corrected chi connectivity index (χ0v) is 9.89. The predicted octanol–water partition coefficient (Wildman–Crippen LogP) is 1.82. The molecule has 1 unspecified atom stereocenters. The lowest BCUT2D eigenvalue weighted by Crippen LogP contribution is -2.58. The van der Waals surface area contributed by atoms with Crippen molar-refractivity contribution in [2.75, 3.05) is 0 Å². The van der Waals surface area contributed by atoms with Gasteiger partial charge in [-0.2, -0.15) is 5.26 Å². The van der Waals surface area contributed by atoms with Gasteiger partial charge in [-0.05, 0) is 34.1 Å². The number of rotatable bonds is 5. The second-order valence-electron chi connectivity index (χ2n) is 4.80. The Morgan fingerprint density at radius 1 is 1.36 bits per heavy atom. The van der Waals surface area contributed by atoms with Gasteiger partial charge >= 0.3 is 0 Å². The van der Waals surface area contributed by atoms with Gasteiger partial charge in [-0.25, -0.2) is 0 Å². The van der Waals surface area contributed by atoms with Crippen molar-refractivity contribution < 1.29 is 5.11 Å². The van der Waals surface area contributed by atoms with Crippen LogP contribution in [0.25, 0.3) is 0 Å². The molecule has 0 aromatic heterocycles. The van der Waals surface area contributed by atoms with Crippen molar-refractivity contribution in [2.45, 2.75) is 64.6 Å². The van der Waals surface area contributed by atoms with Crippen LogP contribution in [-0.4, -0.2) is 22.3 Å². The third-order valence-corrected chi connectivity index (χ3v) is 2.92. The Morgan fingerprint density at radius 3 is 2.14 bits per heavy atom. The molecule has 0 radical (unpaired) electrons. The molecule has 1 atom stereocenters. The molecule has 0 aromatic carbocycles. The normalized spacial score (nSPS) is 14.9. The van der Waals surface area contributed by atoms with E-state index in [9.17, 15) is 5.11 Å². The molecule has 0 aliphatic heterocycles. The molecular weight excluding hydrogens is 176 g/mol. The fourth-order valence-electron chi connectivity index (χ4n) is 1.09. The summed E-state index contributed by atoms with van der Waals surface area (Å²) in [6, 6.07) is 2.30. The van der Waals surface area contributed by atoms with Crippen LogP contribution in [0.15, 0.2) is 0 Å². The van der Waals surface area contributed by atoms with Crippen molar-refractivity contribution in [3.8, 4) is 6.07 Å². The van der Waals surface area contributed by atoms with E-state index in [2.05, 4.69) is 11.4 Å². The summed E-state index contributed by atoms with van der Waals surface area (Å²) in [7, 11) is 0. The van der Waals surface area contributed by atoms with E-state index in [1.54, 1.807) is 13.8 Å². The van der Waals surface area contributed by atoms with Crippen molar-refractivity contribution in [1.29, 1.82) is 5.26 Å². The summed E-state index contributed by atoms with van der Waals surface area (Å²) < 4.78 is 0. The summed E-state index contributed by atoms with van der Waals surface area (Å²) in [5, 5.41) is 21.8. The lowest BCUT2D eigenvalue weighted by molar-refractivity contribution is -0.0100. The molecule has 0 aliphatic rings. The second-order valence-corrected chi connectivity index (χ2v) is 4.80. The fraction of sp³-hybridized carbons (Fsp3) is 0.909. The quantitative estimate of drug-likeness (QED) is 0.708. The summed E-state index contributed by atoms with van der Waals surface area (Å²) in [5.74, 6) is 0. The maximum absolute atomic E-state index is 9.91. The molecule has 0 rings (SSSR count). The van der Waals surface area contributed by atoms with Crippen molar-refractivity contribution in [3.63, 3.8) is 0 Å². The second kappa shape index (κ2) is 4.77. The number of nitriles is 1. The van der Waals surface area contributed by atoms with Crippen molar-refractivity contribution in [1.82, 2.24) is 5.32 Å². The van der Waals surface area contributed by atoms with Crippen LogP contribution >= 0.6 is 0 Å². The first-order valence-electron chi connectivity index (χ1n) is 5.11. The van der Waals surface area contributed by atoms with Crippen LogP contribution in [-0.2, 0) is 0 Å². The van der Waals surface area contributed by atoms with E-state index in [0.717, 1.165) is 6.42 Å². The number of aliphatic hydroxyl groups is 1. The van der Waals surface area contributed by atoms with Crippen LogP contribution in [0.4, 0.5) is 0 Å². The number of hydrogen-bond acceptors (Lipinski definition) is 3. The van der Waals surface area contributed by atoms with Gasteiger partial charge in [0.1, 0.15) is 0 Å². The van der Waals surface area contributed by atoms with Gasteiger partial charge in [-0.3, -0.25) is 0 Å². The molecule has 0 amide bonds. The van der Waals surface area contributed by atoms with Crippen molar-refractivity contribution in [3.05, 3.63) is 0 Å². The molecule has 0 saturated heterocycles. The summed E-state index contributed by atoms with van der Waals surface area (Å²) in [4.78, 5) is 0. The zero-order chi connectivity index (χ0) is 11.4. The Balaban J connectivity index is 4.41. The lowest BCUT2D eigenvalue weighted by atomic mass is 9.85. The molecule has 0 aromatic rings. The Morgan fingerprint density at radius 2 is 1.86 bits per heavy atom. The first-order valence-corrected chi connectivity index (χ1v) is 5.11. The Labute approximate surface area is 87.1 Å². The summed E-state index contributed by atoms with van der Waals surface area (Å²) in [6.45, 7) is 9.49. The van der Waals surface area contributed by atoms with E-state index in [1.807, 2.05) is 20.8 Å². The van der Waals surface area contributed by atoms with Gasteiger partial charge < -0.3 is 10.4 Å². The summed E-state index contributed by atoms with van der Waals surface area (Å²) in [5.41, 5.74) is -1.18. The minimum Gasteiger partial charge on any atom is -0.389 e. The first-order chi connectivity index (χ1) is 6.24. The van der Waals surface area contributed by atoms with E-state index < -0.39 is 5.60 Å². The van der Waals surface area contributed by atoms with Gasteiger partial charge in [0.2, 0.25) is 0 Å². The van der Waals surface area contributed by atoms with E-state index in [-0.39, 0.29) is 11.6 Å². The van der Waals surface area contributed by atoms with Crippen molar-refractivity contribution in [2.24, 2.45) is 0 Å². The van der Waals surface area contributed by atoms with E-state index >= 15 is 0 Å². The van der Waals surface area contributed by atoms with Crippen LogP contribution in [0.1, 0.15) is 47.5 Å². The highest BCUT2D eigenvalue weighted by atomic mass is 16.3. The molecule has 14 heavy (non-hydrogen) atoms. The largest absolute Gasteiger partial charge is 0.389 e. The number of hydrogen-bond donors (Lipinski definition) is 2. The monoisotopic (exact) mass is 198 g/mol. The molecule has 0 aliphatic carbocycles. The van der Waals surface area contributed by atoms with E-state index in [0.29, 0.717) is 6.42 Å². The zero-order valence-electron chi connectivity index (χ0n) is 9.89. The lowest BCUT2D eigenvalue weighted by Gasteiger charge is -2.40. The number of nitrogens with zero attached hydrogens (tertiary/aromatic N) is 1. The molecule has 0 saturated carbocycles. The van der Waals surface area contributed by atoms with Gasteiger partial charge in [0, 0.05) is 11.6 Å². The molecular formula is C11H22N2O. The maximum atomic E-state index is 9.91. The average Bonchev–Trinajstić information content (AvgIpc) is 2.01. The minimum absolute atomic E-state index is 0.154. The molecule has 3 nitrogen and oxygen atoms in total. The Bertz CT molecular complexity index is 210. The van der Waals surface area contributed by atoms with Gasteiger partial charge in [-0.15, -0.1) is 0 Å². The van der Waals surface area contributed by atoms with Crippen LogP contribution < -0.4 is 5.32 Å². The number of nitrogens with one attached hydrogen (secondary N) is 1. The maximum Gasteiger partial charge on any atom is 0.0767 e. The van der Waals surface area contributed by atoms with Crippen LogP contribution in [0.2, 0.25) is 0 Å². The molecule has 0 bridgehead atoms. The van der Waals surface area contributed by atoms with Crippen LogP contribution in [0.5, 0.6) is 0 Å². The average molecular weight is 198 g/mol. The highest BCUT2D eigenvalue weighted by molar-refractivity contribution is 4.96.